The number of cyclic esters (lactones) is 1. The second kappa shape index (κ2) is 3.29. The zero-order valence-corrected chi connectivity index (χ0v) is 7.73. The highest BCUT2D eigenvalue weighted by Crippen LogP contribution is 2.35. The third kappa shape index (κ3) is 1.43. The molecule has 1 saturated heterocycles. The monoisotopic (exact) mass is 194 g/mol. The average Bonchev–Trinajstić information content (AvgIpc) is 2.70. The summed E-state index contributed by atoms with van der Waals surface area (Å²) < 4.78 is 10.1. The van der Waals surface area contributed by atoms with Gasteiger partial charge in [-0.15, -0.1) is 0 Å². The lowest BCUT2D eigenvalue weighted by atomic mass is 9.96. The number of hydrogen-bond donors (Lipinski definition) is 0. The summed E-state index contributed by atoms with van der Waals surface area (Å²) in [5.41, 5.74) is 0. The Labute approximate surface area is 80.8 Å². The Balaban J connectivity index is 2.26. The van der Waals surface area contributed by atoms with Crippen molar-refractivity contribution in [1.29, 1.82) is 0 Å². The molecule has 1 aromatic rings. The van der Waals surface area contributed by atoms with Crippen molar-refractivity contribution in [3.05, 3.63) is 24.2 Å². The molecule has 0 saturated carbocycles. The number of carbonyl (C=O) groups excluding carboxylic acids is 2. The number of carbonyl (C=O) groups is 2. The maximum atomic E-state index is 11.2. The number of ether oxygens (including phenoxy) is 1. The molecule has 0 bridgehead atoms. The van der Waals surface area contributed by atoms with E-state index in [-0.39, 0.29) is 18.2 Å². The molecule has 0 amide bonds. The summed E-state index contributed by atoms with van der Waals surface area (Å²) in [6.07, 6.45) is 1.12. The van der Waals surface area contributed by atoms with E-state index in [9.17, 15) is 9.59 Å². The van der Waals surface area contributed by atoms with E-state index in [4.69, 9.17) is 9.15 Å². The summed E-state index contributed by atoms with van der Waals surface area (Å²) in [4.78, 5) is 22.3. The summed E-state index contributed by atoms with van der Waals surface area (Å²) in [6, 6.07) is 3.41. The SMILES string of the molecule is CC(=O)[C@@H]1CC(=O)O[C@H]1c1ccco1. The fraction of sp³-hybridized carbons (Fsp3) is 0.400. The van der Waals surface area contributed by atoms with Crippen LogP contribution in [-0.4, -0.2) is 11.8 Å². The molecular formula is C10H10O4. The Hall–Kier alpha value is -1.58. The Morgan fingerprint density at radius 1 is 1.57 bits per heavy atom. The molecule has 1 aromatic heterocycles. The molecular weight excluding hydrogens is 184 g/mol. The lowest BCUT2D eigenvalue weighted by Crippen LogP contribution is -2.14. The number of esters is 1. The average molecular weight is 194 g/mol. The largest absolute Gasteiger partial charge is 0.465 e. The third-order valence-electron chi connectivity index (χ3n) is 2.36. The standard InChI is InChI=1S/C10H10O4/c1-6(11)7-5-9(12)14-10(7)8-3-2-4-13-8/h2-4,7,10H,5H2,1H3/t7-,10+/m0/s1. The smallest absolute Gasteiger partial charge is 0.307 e. The van der Waals surface area contributed by atoms with Gasteiger partial charge in [-0.05, 0) is 19.1 Å². The van der Waals surface area contributed by atoms with Gasteiger partial charge in [0.2, 0.25) is 0 Å². The number of ketones is 1. The minimum Gasteiger partial charge on any atom is -0.465 e. The minimum absolute atomic E-state index is 0.0442. The molecule has 4 nitrogen and oxygen atoms in total. The molecule has 0 aromatic carbocycles. The Morgan fingerprint density at radius 3 is 2.93 bits per heavy atom. The second-order valence-electron chi connectivity index (χ2n) is 3.35. The van der Waals surface area contributed by atoms with Gasteiger partial charge >= 0.3 is 5.97 Å². The normalized spacial score (nSPS) is 26.2. The van der Waals surface area contributed by atoms with Gasteiger partial charge in [0.15, 0.2) is 6.10 Å². The van der Waals surface area contributed by atoms with Crippen molar-refractivity contribution in [3.8, 4) is 0 Å². The molecule has 2 rings (SSSR count). The van der Waals surface area contributed by atoms with Gasteiger partial charge in [0, 0.05) is 0 Å². The predicted octanol–water partition coefficient (Wildman–Crippen LogP) is 1.47. The van der Waals surface area contributed by atoms with Crippen LogP contribution in [0, 0.1) is 5.92 Å². The molecule has 74 valence electrons. The van der Waals surface area contributed by atoms with Crippen LogP contribution in [0.1, 0.15) is 25.2 Å². The summed E-state index contributed by atoms with van der Waals surface area (Å²) >= 11 is 0. The molecule has 0 radical (unpaired) electrons. The molecule has 0 spiro atoms. The maximum Gasteiger partial charge on any atom is 0.307 e. The van der Waals surface area contributed by atoms with Crippen LogP contribution in [-0.2, 0) is 14.3 Å². The summed E-state index contributed by atoms with van der Waals surface area (Å²) in [7, 11) is 0. The van der Waals surface area contributed by atoms with Crippen molar-refractivity contribution in [3.63, 3.8) is 0 Å². The van der Waals surface area contributed by atoms with Gasteiger partial charge in [-0.25, -0.2) is 0 Å². The van der Waals surface area contributed by atoms with Crippen LogP contribution in [0.25, 0.3) is 0 Å². The quantitative estimate of drug-likeness (QED) is 0.669. The molecule has 4 heteroatoms. The molecule has 2 atom stereocenters. The highest BCUT2D eigenvalue weighted by Gasteiger charge is 2.40. The first kappa shape index (κ1) is 8.99. The summed E-state index contributed by atoms with van der Waals surface area (Å²) in [5, 5.41) is 0. The molecule has 1 fully saturated rings. The number of rotatable bonds is 2. The Kier molecular flexibility index (Phi) is 2.11. The highest BCUT2D eigenvalue weighted by molar-refractivity contribution is 5.86. The van der Waals surface area contributed by atoms with Crippen molar-refractivity contribution in [1.82, 2.24) is 0 Å². The fourth-order valence-corrected chi connectivity index (χ4v) is 1.62. The van der Waals surface area contributed by atoms with Crippen LogP contribution in [0.15, 0.2) is 22.8 Å². The van der Waals surface area contributed by atoms with E-state index in [2.05, 4.69) is 0 Å². The highest BCUT2D eigenvalue weighted by atomic mass is 16.6. The topological polar surface area (TPSA) is 56.5 Å². The maximum absolute atomic E-state index is 11.2. The molecule has 1 aliphatic rings. The van der Waals surface area contributed by atoms with Crippen molar-refractivity contribution in [2.45, 2.75) is 19.4 Å². The molecule has 0 aliphatic carbocycles. The summed E-state index contributed by atoms with van der Waals surface area (Å²) in [5.74, 6) is -0.242. The van der Waals surface area contributed by atoms with E-state index in [1.54, 1.807) is 12.1 Å². The van der Waals surface area contributed by atoms with E-state index in [1.807, 2.05) is 0 Å². The third-order valence-corrected chi connectivity index (χ3v) is 2.36. The zero-order valence-electron chi connectivity index (χ0n) is 7.73. The van der Waals surface area contributed by atoms with E-state index in [1.165, 1.54) is 13.2 Å². The van der Waals surface area contributed by atoms with Crippen molar-refractivity contribution in [2.24, 2.45) is 5.92 Å². The van der Waals surface area contributed by atoms with Crippen LogP contribution in [0.5, 0.6) is 0 Å². The molecule has 1 aliphatic heterocycles. The minimum atomic E-state index is -0.532. The first-order valence-corrected chi connectivity index (χ1v) is 4.42. The van der Waals surface area contributed by atoms with Gasteiger partial charge < -0.3 is 9.15 Å². The van der Waals surface area contributed by atoms with Crippen LogP contribution < -0.4 is 0 Å². The number of hydrogen-bond acceptors (Lipinski definition) is 4. The van der Waals surface area contributed by atoms with Crippen LogP contribution in [0.4, 0.5) is 0 Å². The van der Waals surface area contributed by atoms with Crippen molar-refractivity contribution >= 4 is 11.8 Å². The lowest BCUT2D eigenvalue weighted by molar-refractivity contribution is -0.142. The molecule has 0 N–H and O–H groups in total. The van der Waals surface area contributed by atoms with Gasteiger partial charge in [-0.2, -0.15) is 0 Å². The summed E-state index contributed by atoms with van der Waals surface area (Å²) in [6.45, 7) is 1.46. The van der Waals surface area contributed by atoms with E-state index >= 15 is 0 Å². The van der Waals surface area contributed by atoms with Crippen molar-refractivity contribution < 1.29 is 18.7 Å². The van der Waals surface area contributed by atoms with Gasteiger partial charge in [0.25, 0.3) is 0 Å². The Morgan fingerprint density at radius 2 is 2.36 bits per heavy atom. The molecule has 0 unspecified atom stereocenters. The van der Waals surface area contributed by atoms with E-state index in [0.29, 0.717) is 5.76 Å². The van der Waals surface area contributed by atoms with E-state index < -0.39 is 12.0 Å². The lowest BCUT2D eigenvalue weighted by Gasteiger charge is -2.11. The van der Waals surface area contributed by atoms with Gasteiger partial charge in [-0.1, -0.05) is 0 Å². The number of Topliss-reactive ketones (excluding diaryl/α,β-unsaturated/α-hetero) is 1. The zero-order chi connectivity index (χ0) is 10.1. The van der Waals surface area contributed by atoms with Crippen LogP contribution >= 0.6 is 0 Å². The molecule has 2 heterocycles. The Bertz CT molecular complexity index is 352. The van der Waals surface area contributed by atoms with Crippen molar-refractivity contribution in [2.75, 3.05) is 0 Å². The first-order valence-electron chi connectivity index (χ1n) is 4.42. The molecule has 14 heavy (non-hydrogen) atoms. The van der Waals surface area contributed by atoms with E-state index in [0.717, 1.165) is 0 Å². The first-order chi connectivity index (χ1) is 6.68. The van der Waals surface area contributed by atoms with Gasteiger partial charge in [-0.3, -0.25) is 9.59 Å². The predicted molar refractivity (Wildman–Crippen MR) is 46.3 cm³/mol. The van der Waals surface area contributed by atoms with Gasteiger partial charge in [0.1, 0.15) is 11.5 Å². The van der Waals surface area contributed by atoms with Crippen LogP contribution in [0.3, 0.4) is 0 Å². The number of furan rings is 1. The van der Waals surface area contributed by atoms with Gasteiger partial charge in [0.05, 0.1) is 18.6 Å². The fourth-order valence-electron chi connectivity index (χ4n) is 1.62. The second-order valence-corrected chi connectivity index (χ2v) is 3.35. The van der Waals surface area contributed by atoms with Crippen LogP contribution in [0.2, 0.25) is 0 Å².